The molecule has 1 N–H and O–H groups in total. The number of hydrogen-bond acceptors (Lipinski definition) is 1. The number of hydrogen-bond donors (Lipinski definition) is 1. The van der Waals surface area contributed by atoms with E-state index in [1.807, 2.05) is 0 Å². The number of aryl methyl sites for hydroxylation is 1. The number of fused-ring (bicyclic) bond motifs is 5. The highest BCUT2D eigenvalue weighted by Crippen LogP contribution is 2.58. The van der Waals surface area contributed by atoms with Gasteiger partial charge in [-0.25, -0.2) is 4.39 Å². The maximum Gasteiger partial charge on any atom is 0.131 e. The van der Waals surface area contributed by atoms with E-state index >= 15 is 0 Å². The molecule has 2 heteroatoms. The van der Waals surface area contributed by atoms with Crippen LogP contribution in [-0.4, -0.2) is 5.11 Å². The second-order valence-electron chi connectivity index (χ2n) is 7.41. The van der Waals surface area contributed by atoms with Crippen LogP contribution in [-0.2, 0) is 6.42 Å². The van der Waals surface area contributed by atoms with E-state index in [0.717, 1.165) is 18.2 Å². The molecule has 0 spiro atoms. The second kappa shape index (κ2) is 4.22. The van der Waals surface area contributed by atoms with E-state index < -0.39 is 0 Å². The molecule has 2 aliphatic carbocycles. The van der Waals surface area contributed by atoms with Crippen LogP contribution in [0.4, 0.5) is 4.39 Å². The van der Waals surface area contributed by atoms with Gasteiger partial charge in [-0.1, -0.05) is 13.8 Å². The Morgan fingerprint density at radius 2 is 2.05 bits per heavy atom. The lowest BCUT2D eigenvalue weighted by molar-refractivity contribution is 0.248. The van der Waals surface area contributed by atoms with Crippen LogP contribution in [0.3, 0.4) is 0 Å². The summed E-state index contributed by atoms with van der Waals surface area (Å²) in [5.74, 6) is 1.27. The highest BCUT2D eigenvalue weighted by atomic mass is 19.1. The molecule has 1 fully saturated rings. The minimum absolute atomic E-state index is 0.146. The molecule has 0 aliphatic heterocycles. The van der Waals surface area contributed by atoms with Crippen molar-refractivity contribution >= 4 is 10.8 Å². The van der Waals surface area contributed by atoms with Crippen LogP contribution in [0.1, 0.15) is 50.2 Å². The molecule has 1 nitrogen and oxygen atoms in total. The first-order chi connectivity index (χ1) is 9.98. The molecule has 0 aromatic heterocycles. The number of aromatic hydroxyl groups is 1. The first-order valence-electron chi connectivity index (χ1n) is 7.92. The third-order valence-corrected chi connectivity index (χ3v) is 5.83. The van der Waals surface area contributed by atoms with Gasteiger partial charge in [-0.3, -0.25) is 0 Å². The van der Waals surface area contributed by atoms with E-state index in [0.29, 0.717) is 22.6 Å². The first-order valence-corrected chi connectivity index (χ1v) is 7.92. The van der Waals surface area contributed by atoms with Gasteiger partial charge in [0.25, 0.3) is 0 Å². The van der Waals surface area contributed by atoms with Crippen molar-refractivity contribution in [2.24, 2.45) is 11.3 Å². The van der Waals surface area contributed by atoms with E-state index in [-0.39, 0.29) is 11.6 Å². The lowest BCUT2D eigenvalue weighted by Crippen LogP contribution is -2.26. The minimum atomic E-state index is -0.146. The van der Waals surface area contributed by atoms with Gasteiger partial charge in [-0.2, -0.15) is 0 Å². The summed E-state index contributed by atoms with van der Waals surface area (Å²) >= 11 is 0. The molecule has 2 aromatic carbocycles. The van der Waals surface area contributed by atoms with Crippen LogP contribution >= 0.6 is 0 Å². The largest absolute Gasteiger partial charge is 0.508 e. The molecule has 0 radical (unpaired) electrons. The topological polar surface area (TPSA) is 20.2 Å². The van der Waals surface area contributed by atoms with Crippen molar-refractivity contribution in [1.29, 1.82) is 0 Å². The van der Waals surface area contributed by atoms with Gasteiger partial charge in [-0.05, 0) is 83.7 Å². The molecule has 3 atom stereocenters. The van der Waals surface area contributed by atoms with Gasteiger partial charge < -0.3 is 5.11 Å². The predicted octanol–water partition coefficient (Wildman–Crippen LogP) is 5.15. The van der Waals surface area contributed by atoms with Gasteiger partial charge in [0.2, 0.25) is 0 Å². The van der Waals surface area contributed by atoms with E-state index in [2.05, 4.69) is 13.8 Å². The molecular formula is C19H21FO. The molecule has 2 aliphatic rings. The molecule has 0 saturated heterocycles. The van der Waals surface area contributed by atoms with E-state index in [1.54, 1.807) is 24.3 Å². The van der Waals surface area contributed by atoms with Crippen molar-refractivity contribution in [2.45, 2.75) is 45.4 Å². The third-order valence-electron chi connectivity index (χ3n) is 5.83. The summed E-state index contributed by atoms with van der Waals surface area (Å²) in [5.41, 5.74) is 2.78. The summed E-state index contributed by atoms with van der Waals surface area (Å²) in [6.45, 7) is 4.68. The fourth-order valence-electron chi connectivity index (χ4n) is 4.93. The number of rotatable bonds is 0. The Bertz CT molecular complexity index is 736. The average molecular weight is 284 g/mol. The summed E-state index contributed by atoms with van der Waals surface area (Å²) in [7, 11) is 0. The minimum Gasteiger partial charge on any atom is -0.508 e. The van der Waals surface area contributed by atoms with Crippen molar-refractivity contribution in [3.8, 4) is 5.75 Å². The molecule has 2 aromatic rings. The van der Waals surface area contributed by atoms with Crippen molar-refractivity contribution in [3.05, 3.63) is 41.2 Å². The fourth-order valence-corrected chi connectivity index (χ4v) is 4.93. The summed E-state index contributed by atoms with van der Waals surface area (Å²) in [5, 5.41) is 11.3. The zero-order chi connectivity index (χ0) is 14.8. The van der Waals surface area contributed by atoms with Crippen LogP contribution in [0, 0.1) is 17.2 Å². The van der Waals surface area contributed by atoms with Crippen molar-refractivity contribution in [1.82, 2.24) is 0 Å². The second-order valence-corrected chi connectivity index (χ2v) is 7.41. The Hall–Kier alpha value is -1.57. The normalized spacial score (nSPS) is 31.2. The molecule has 0 heterocycles. The molecule has 0 unspecified atom stereocenters. The SMILES string of the molecule is C[C@@H]1C[C@H]2c3cc(F)c4ccc(O)cc4c3CC[C@]2(C)C1. The van der Waals surface area contributed by atoms with Gasteiger partial charge in [0.15, 0.2) is 0 Å². The third kappa shape index (κ3) is 1.81. The smallest absolute Gasteiger partial charge is 0.131 e. The van der Waals surface area contributed by atoms with Gasteiger partial charge >= 0.3 is 0 Å². The van der Waals surface area contributed by atoms with Crippen LogP contribution in [0.15, 0.2) is 24.3 Å². The number of phenols is 1. The van der Waals surface area contributed by atoms with E-state index in [1.165, 1.54) is 24.0 Å². The van der Waals surface area contributed by atoms with Crippen LogP contribution in [0.5, 0.6) is 5.75 Å². The molecule has 110 valence electrons. The molecular weight excluding hydrogens is 263 g/mol. The predicted molar refractivity (Wildman–Crippen MR) is 83.1 cm³/mol. The Morgan fingerprint density at radius 3 is 2.86 bits per heavy atom. The zero-order valence-corrected chi connectivity index (χ0v) is 12.6. The summed E-state index contributed by atoms with van der Waals surface area (Å²) in [6.07, 6.45) is 4.57. The van der Waals surface area contributed by atoms with Crippen molar-refractivity contribution in [3.63, 3.8) is 0 Å². The van der Waals surface area contributed by atoms with Gasteiger partial charge in [-0.15, -0.1) is 0 Å². The number of phenolic OH excluding ortho intramolecular Hbond substituents is 1. The molecule has 0 amide bonds. The Morgan fingerprint density at radius 1 is 1.24 bits per heavy atom. The van der Waals surface area contributed by atoms with Crippen LogP contribution in [0.25, 0.3) is 10.8 Å². The molecule has 4 rings (SSSR count). The molecule has 21 heavy (non-hydrogen) atoms. The Labute approximate surface area is 124 Å². The first kappa shape index (κ1) is 13.1. The van der Waals surface area contributed by atoms with Crippen molar-refractivity contribution < 1.29 is 9.50 Å². The highest BCUT2D eigenvalue weighted by molar-refractivity contribution is 5.89. The van der Waals surface area contributed by atoms with Crippen LogP contribution in [0.2, 0.25) is 0 Å². The maximum atomic E-state index is 14.5. The maximum absolute atomic E-state index is 14.5. The highest BCUT2D eigenvalue weighted by Gasteiger charge is 2.46. The van der Waals surface area contributed by atoms with Gasteiger partial charge in [0.1, 0.15) is 11.6 Å². The Kier molecular flexibility index (Phi) is 2.64. The molecule has 0 bridgehead atoms. The lowest BCUT2D eigenvalue weighted by Gasteiger charge is -2.38. The van der Waals surface area contributed by atoms with Crippen molar-refractivity contribution in [2.75, 3.05) is 0 Å². The summed E-state index contributed by atoms with van der Waals surface area (Å²) in [6, 6.07) is 6.78. The van der Waals surface area contributed by atoms with Gasteiger partial charge in [0.05, 0.1) is 0 Å². The van der Waals surface area contributed by atoms with Crippen LogP contribution < -0.4 is 0 Å². The number of benzene rings is 2. The zero-order valence-electron chi connectivity index (χ0n) is 12.6. The average Bonchev–Trinajstić information content (AvgIpc) is 2.73. The quantitative estimate of drug-likeness (QED) is 0.709. The van der Waals surface area contributed by atoms with E-state index in [4.69, 9.17) is 0 Å². The lowest BCUT2D eigenvalue weighted by atomic mass is 9.66. The van der Waals surface area contributed by atoms with Gasteiger partial charge in [0, 0.05) is 5.39 Å². The Balaban J connectivity index is 1.99. The summed E-state index contributed by atoms with van der Waals surface area (Å²) in [4.78, 5) is 0. The van der Waals surface area contributed by atoms with E-state index in [9.17, 15) is 9.50 Å². The monoisotopic (exact) mass is 284 g/mol. The standard InChI is InChI=1S/C19H21FO/c1-11-7-17-16-9-18(20)14-4-3-12(21)8-15(14)13(16)5-6-19(17,2)10-11/h3-4,8-9,11,17,21H,5-7,10H2,1-2H3/t11-,17+,19-/m1/s1. The fraction of sp³-hybridized carbons (Fsp3) is 0.474. The summed E-state index contributed by atoms with van der Waals surface area (Å²) < 4.78 is 14.5. The molecule has 1 saturated carbocycles. The number of halogens is 1.